The molecule has 0 heterocycles. The zero-order valence-corrected chi connectivity index (χ0v) is 7.24. The molecule has 76 valence electrons. The summed E-state index contributed by atoms with van der Waals surface area (Å²) in [4.78, 5) is 9.73. The summed E-state index contributed by atoms with van der Waals surface area (Å²) in [6, 6.07) is 2.03. The van der Waals surface area contributed by atoms with Crippen LogP contribution >= 0.6 is 0 Å². The number of nitrogen functional groups attached to an aromatic ring is 1. The first-order valence-corrected chi connectivity index (χ1v) is 3.89. The average molecular weight is 200 g/mol. The van der Waals surface area contributed by atoms with Crippen molar-refractivity contribution in [3.8, 4) is 0 Å². The molecule has 5 nitrogen and oxygen atoms in total. The number of benzene rings is 1. The second-order valence-corrected chi connectivity index (χ2v) is 2.74. The van der Waals surface area contributed by atoms with Crippen LogP contribution in [0.15, 0.2) is 12.1 Å². The maximum Gasteiger partial charge on any atom is 0.271 e. The van der Waals surface area contributed by atoms with Crippen molar-refractivity contribution >= 4 is 11.4 Å². The zero-order chi connectivity index (χ0) is 10.7. The van der Waals surface area contributed by atoms with Crippen LogP contribution in [0.5, 0.6) is 0 Å². The molecule has 0 aliphatic heterocycles. The largest absolute Gasteiger partial charge is 0.396 e. The summed E-state index contributed by atoms with van der Waals surface area (Å²) >= 11 is 0. The van der Waals surface area contributed by atoms with Crippen molar-refractivity contribution in [1.29, 1.82) is 0 Å². The van der Waals surface area contributed by atoms with Crippen molar-refractivity contribution in [3.05, 3.63) is 33.6 Å². The number of halogens is 1. The van der Waals surface area contributed by atoms with Crippen molar-refractivity contribution < 1.29 is 14.4 Å². The summed E-state index contributed by atoms with van der Waals surface area (Å²) in [5, 5.41) is 19.0. The lowest BCUT2D eigenvalue weighted by molar-refractivity contribution is -0.384. The molecule has 0 aromatic heterocycles. The molecule has 1 aromatic rings. The molecule has 0 aliphatic rings. The number of hydrogen-bond donors (Lipinski definition) is 2. The Morgan fingerprint density at radius 2 is 2.21 bits per heavy atom. The topological polar surface area (TPSA) is 89.4 Å². The monoisotopic (exact) mass is 200 g/mol. The third-order valence-electron chi connectivity index (χ3n) is 1.75. The van der Waals surface area contributed by atoms with Gasteiger partial charge in [-0.3, -0.25) is 10.1 Å². The summed E-state index contributed by atoms with van der Waals surface area (Å²) in [6.07, 6.45) is 0.0116. The van der Waals surface area contributed by atoms with Gasteiger partial charge in [-0.25, -0.2) is 4.39 Å². The van der Waals surface area contributed by atoms with Gasteiger partial charge in [0.1, 0.15) is 5.82 Å². The third-order valence-corrected chi connectivity index (χ3v) is 1.75. The van der Waals surface area contributed by atoms with Crippen LogP contribution in [0.4, 0.5) is 15.8 Å². The van der Waals surface area contributed by atoms with Gasteiger partial charge in [-0.1, -0.05) is 0 Å². The molecule has 0 unspecified atom stereocenters. The highest BCUT2D eigenvalue weighted by Gasteiger charge is 2.14. The second kappa shape index (κ2) is 4.01. The van der Waals surface area contributed by atoms with Gasteiger partial charge in [0.15, 0.2) is 0 Å². The van der Waals surface area contributed by atoms with Crippen LogP contribution in [-0.2, 0) is 6.42 Å². The lowest BCUT2D eigenvalue weighted by Gasteiger charge is -2.03. The van der Waals surface area contributed by atoms with Crippen LogP contribution in [0.3, 0.4) is 0 Å². The average Bonchev–Trinajstić information content (AvgIpc) is 2.12. The highest BCUT2D eigenvalue weighted by molar-refractivity contribution is 5.52. The smallest absolute Gasteiger partial charge is 0.271 e. The molecule has 0 fully saturated rings. The molecular formula is C8H9FN2O3. The maximum absolute atomic E-state index is 13.2. The van der Waals surface area contributed by atoms with Gasteiger partial charge in [0.25, 0.3) is 5.69 Å². The van der Waals surface area contributed by atoms with Crippen LogP contribution in [0.1, 0.15) is 5.56 Å². The van der Waals surface area contributed by atoms with E-state index in [1.807, 2.05) is 0 Å². The van der Waals surface area contributed by atoms with E-state index in [1.165, 1.54) is 0 Å². The highest BCUT2D eigenvalue weighted by atomic mass is 19.1. The van der Waals surface area contributed by atoms with Crippen molar-refractivity contribution in [2.45, 2.75) is 6.42 Å². The fourth-order valence-corrected chi connectivity index (χ4v) is 1.10. The second-order valence-electron chi connectivity index (χ2n) is 2.74. The number of nitrogens with zero attached hydrogens (tertiary/aromatic N) is 1. The lowest BCUT2D eigenvalue weighted by atomic mass is 10.1. The Labute approximate surface area is 79.1 Å². The molecule has 1 aromatic carbocycles. The molecule has 14 heavy (non-hydrogen) atoms. The SMILES string of the molecule is Nc1cc([N+](=O)[O-])cc(CCO)c1F. The number of nitro benzene ring substituents is 1. The minimum Gasteiger partial charge on any atom is -0.396 e. The molecule has 0 spiro atoms. The van der Waals surface area contributed by atoms with E-state index in [4.69, 9.17) is 10.8 Å². The van der Waals surface area contributed by atoms with Gasteiger partial charge >= 0.3 is 0 Å². The van der Waals surface area contributed by atoms with Crippen LogP contribution in [-0.4, -0.2) is 16.6 Å². The standard InChI is InChI=1S/C8H9FN2O3/c9-8-5(1-2-12)3-6(11(13)14)4-7(8)10/h3-4,12H,1-2,10H2. The van der Waals surface area contributed by atoms with Crippen molar-refractivity contribution in [1.82, 2.24) is 0 Å². The Hall–Kier alpha value is -1.69. The quantitative estimate of drug-likeness (QED) is 0.430. The van der Waals surface area contributed by atoms with E-state index < -0.39 is 10.7 Å². The van der Waals surface area contributed by atoms with Crippen molar-refractivity contribution in [3.63, 3.8) is 0 Å². The Bertz CT molecular complexity index is 368. The molecule has 0 saturated heterocycles. The first-order chi connectivity index (χ1) is 6.56. The van der Waals surface area contributed by atoms with E-state index in [-0.39, 0.29) is 30.0 Å². The summed E-state index contributed by atoms with van der Waals surface area (Å²) < 4.78 is 13.2. The zero-order valence-electron chi connectivity index (χ0n) is 7.24. The van der Waals surface area contributed by atoms with E-state index in [9.17, 15) is 14.5 Å². The van der Waals surface area contributed by atoms with Gasteiger partial charge < -0.3 is 10.8 Å². The predicted molar refractivity (Wildman–Crippen MR) is 48.3 cm³/mol. The maximum atomic E-state index is 13.2. The summed E-state index contributed by atoms with van der Waals surface area (Å²) in [5.74, 6) is -0.704. The molecule has 1 rings (SSSR count). The van der Waals surface area contributed by atoms with Gasteiger partial charge in [0, 0.05) is 18.7 Å². The van der Waals surface area contributed by atoms with Gasteiger partial charge in [-0.15, -0.1) is 0 Å². The molecule has 3 N–H and O–H groups in total. The van der Waals surface area contributed by atoms with Crippen molar-refractivity contribution in [2.24, 2.45) is 0 Å². The van der Waals surface area contributed by atoms with E-state index in [0.717, 1.165) is 12.1 Å². The highest BCUT2D eigenvalue weighted by Crippen LogP contribution is 2.23. The Morgan fingerprint density at radius 3 is 2.71 bits per heavy atom. The summed E-state index contributed by atoms with van der Waals surface area (Å²) in [5.41, 5.74) is 4.74. The number of rotatable bonds is 3. The molecule has 0 bridgehead atoms. The minimum atomic E-state index is -0.704. The fourth-order valence-electron chi connectivity index (χ4n) is 1.10. The predicted octanol–water partition coefficient (Wildman–Crippen LogP) is 0.851. The Kier molecular flexibility index (Phi) is 2.98. The van der Waals surface area contributed by atoms with E-state index in [1.54, 1.807) is 0 Å². The molecule has 0 atom stereocenters. The molecular weight excluding hydrogens is 191 g/mol. The minimum absolute atomic E-state index is 0.0116. The molecule has 0 aliphatic carbocycles. The number of non-ortho nitro benzene ring substituents is 1. The summed E-state index contributed by atoms with van der Waals surface area (Å²) in [6.45, 7) is -0.280. The van der Waals surface area contributed by atoms with Gasteiger partial charge in [0.05, 0.1) is 10.6 Å². The van der Waals surface area contributed by atoms with Gasteiger partial charge in [0.2, 0.25) is 0 Å². The number of anilines is 1. The van der Waals surface area contributed by atoms with Crippen LogP contribution in [0.25, 0.3) is 0 Å². The van der Waals surface area contributed by atoms with Crippen molar-refractivity contribution in [2.75, 3.05) is 12.3 Å². The van der Waals surface area contributed by atoms with E-state index in [0.29, 0.717) is 0 Å². The van der Waals surface area contributed by atoms with Crippen LogP contribution < -0.4 is 5.73 Å². The molecule has 6 heteroatoms. The number of aliphatic hydroxyl groups is 1. The Balaban J connectivity index is 3.20. The van der Waals surface area contributed by atoms with E-state index >= 15 is 0 Å². The third kappa shape index (κ3) is 1.97. The first-order valence-electron chi connectivity index (χ1n) is 3.89. The Morgan fingerprint density at radius 1 is 1.57 bits per heavy atom. The first kappa shape index (κ1) is 10.4. The fraction of sp³-hybridized carbons (Fsp3) is 0.250. The molecule has 0 radical (unpaired) electrons. The number of nitrogens with two attached hydrogens (primary N) is 1. The van der Waals surface area contributed by atoms with Crippen LogP contribution in [0, 0.1) is 15.9 Å². The number of aliphatic hydroxyl groups excluding tert-OH is 1. The number of hydrogen-bond acceptors (Lipinski definition) is 4. The normalized spacial score (nSPS) is 10.1. The molecule has 0 saturated carbocycles. The molecule has 0 amide bonds. The van der Waals surface area contributed by atoms with E-state index in [2.05, 4.69) is 0 Å². The number of nitro groups is 1. The van der Waals surface area contributed by atoms with Gasteiger partial charge in [-0.05, 0) is 12.0 Å². The van der Waals surface area contributed by atoms with Gasteiger partial charge in [-0.2, -0.15) is 0 Å². The summed E-state index contributed by atoms with van der Waals surface area (Å²) in [7, 11) is 0. The van der Waals surface area contributed by atoms with Crippen LogP contribution in [0.2, 0.25) is 0 Å². The lowest BCUT2D eigenvalue weighted by Crippen LogP contribution is -2.02.